The van der Waals surface area contributed by atoms with E-state index in [-0.39, 0.29) is 17.3 Å². The van der Waals surface area contributed by atoms with Gasteiger partial charge in [0.05, 0.1) is 4.47 Å². The number of hydrogen-bond donors (Lipinski definition) is 1. The van der Waals surface area contributed by atoms with E-state index in [1.54, 1.807) is 24.3 Å². The molecule has 0 atom stereocenters. The van der Waals surface area contributed by atoms with Gasteiger partial charge in [0.15, 0.2) is 0 Å². The molecule has 0 amide bonds. The van der Waals surface area contributed by atoms with Crippen LogP contribution >= 0.6 is 15.9 Å². The van der Waals surface area contributed by atoms with E-state index in [4.69, 9.17) is 0 Å². The van der Waals surface area contributed by atoms with Crippen molar-refractivity contribution in [3.63, 3.8) is 0 Å². The third-order valence-corrected chi connectivity index (χ3v) is 4.89. The lowest BCUT2D eigenvalue weighted by molar-refractivity contribution is 0.103. The maximum atomic E-state index is 13.3. The highest BCUT2D eigenvalue weighted by Gasteiger charge is 2.21. The first-order valence-electron chi connectivity index (χ1n) is 7.94. The van der Waals surface area contributed by atoms with Gasteiger partial charge < -0.3 is 9.51 Å². The van der Waals surface area contributed by atoms with E-state index in [9.17, 15) is 14.3 Å². The molecular formula is C21H13BrFNO2. The van der Waals surface area contributed by atoms with Crippen molar-refractivity contribution in [2.45, 2.75) is 0 Å². The minimum Gasteiger partial charge on any atom is -0.507 e. The summed E-state index contributed by atoms with van der Waals surface area (Å²) in [6.45, 7) is 0. The Bertz CT molecular complexity index is 1130. The summed E-state index contributed by atoms with van der Waals surface area (Å²) in [4.78, 5) is 13.2. The molecule has 2 aromatic carbocycles. The fraction of sp³-hybridized carbons (Fsp3) is 0. The number of aromatic nitrogens is 1. The number of benzene rings is 2. The Kier molecular flexibility index (Phi) is 4.09. The normalized spacial score (nSPS) is 11.0. The summed E-state index contributed by atoms with van der Waals surface area (Å²) >= 11 is 3.25. The lowest BCUT2D eigenvalue weighted by Gasteiger charge is -2.08. The van der Waals surface area contributed by atoms with Gasteiger partial charge in [-0.05, 0) is 70.0 Å². The zero-order valence-corrected chi connectivity index (χ0v) is 15.1. The Balaban J connectivity index is 1.95. The number of phenolic OH excluding ortho intramolecular Hbond substituents is 1. The molecule has 5 heteroatoms. The second kappa shape index (κ2) is 6.42. The van der Waals surface area contributed by atoms with Gasteiger partial charge in [-0.1, -0.05) is 18.2 Å². The van der Waals surface area contributed by atoms with Crippen LogP contribution in [0.2, 0.25) is 0 Å². The maximum Gasteiger partial charge on any atom is 0.210 e. The average molecular weight is 410 g/mol. The molecule has 3 nitrogen and oxygen atoms in total. The number of ketones is 1. The van der Waals surface area contributed by atoms with E-state index < -0.39 is 0 Å². The van der Waals surface area contributed by atoms with Crippen LogP contribution in [0.4, 0.5) is 4.39 Å². The van der Waals surface area contributed by atoms with Gasteiger partial charge in [0.25, 0.3) is 0 Å². The van der Waals surface area contributed by atoms with Crippen molar-refractivity contribution in [3.8, 4) is 16.9 Å². The van der Waals surface area contributed by atoms with Crippen molar-refractivity contribution in [3.05, 3.63) is 94.5 Å². The average Bonchev–Trinajstić information content (AvgIpc) is 3.03. The minimum atomic E-state index is -0.326. The van der Waals surface area contributed by atoms with Crippen LogP contribution in [0.3, 0.4) is 0 Å². The van der Waals surface area contributed by atoms with Gasteiger partial charge in [0.2, 0.25) is 5.78 Å². The summed E-state index contributed by atoms with van der Waals surface area (Å²) in [5.74, 6) is -0.440. The Morgan fingerprint density at radius 3 is 2.50 bits per heavy atom. The molecule has 4 aromatic rings. The molecule has 26 heavy (non-hydrogen) atoms. The molecule has 0 radical (unpaired) electrons. The van der Waals surface area contributed by atoms with E-state index in [2.05, 4.69) is 15.9 Å². The molecule has 0 aliphatic heterocycles. The molecule has 0 fully saturated rings. The highest BCUT2D eigenvalue weighted by Crippen LogP contribution is 2.31. The molecule has 2 heterocycles. The van der Waals surface area contributed by atoms with Crippen LogP contribution in [0.5, 0.6) is 5.75 Å². The van der Waals surface area contributed by atoms with Gasteiger partial charge in [-0.3, -0.25) is 4.79 Å². The molecule has 0 aliphatic carbocycles. The number of pyridine rings is 1. The highest BCUT2D eigenvalue weighted by molar-refractivity contribution is 9.10. The summed E-state index contributed by atoms with van der Waals surface area (Å²) in [6.07, 6.45) is 1.82. The SMILES string of the molecule is O=C(c1ccc(O)c(Br)c1)c1c(-c2ccc(F)cc2)cc2ccccn12. The van der Waals surface area contributed by atoms with Gasteiger partial charge in [0.1, 0.15) is 17.3 Å². The Morgan fingerprint density at radius 1 is 1.00 bits per heavy atom. The fourth-order valence-corrected chi connectivity index (χ4v) is 3.37. The molecule has 128 valence electrons. The number of carbonyl (C=O) groups is 1. The van der Waals surface area contributed by atoms with Crippen LogP contribution < -0.4 is 0 Å². The van der Waals surface area contributed by atoms with Crippen LogP contribution in [-0.2, 0) is 0 Å². The lowest BCUT2D eigenvalue weighted by Crippen LogP contribution is -2.07. The van der Waals surface area contributed by atoms with E-state index >= 15 is 0 Å². The molecule has 0 saturated carbocycles. The molecule has 2 aromatic heterocycles. The molecule has 0 unspecified atom stereocenters. The van der Waals surface area contributed by atoms with Crippen molar-refractivity contribution >= 4 is 27.2 Å². The summed E-state index contributed by atoms with van der Waals surface area (Å²) < 4.78 is 15.6. The lowest BCUT2D eigenvalue weighted by atomic mass is 10.00. The van der Waals surface area contributed by atoms with Crippen LogP contribution in [-0.4, -0.2) is 15.3 Å². The number of aromatic hydroxyl groups is 1. The fourth-order valence-electron chi connectivity index (χ4n) is 2.99. The second-order valence-electron chi connectivity index (χ2n) is 5.90. The predicted molar refractivity (Wildman–Crippen MR) is 102 cm³/mol. The number of carbonyl (C=O) groups excluding carboxylic acids is 1. The molecule has 0 spiro atoms. The summed E-state index contributed by atoms with van der Waals surface area (Å²) in [5.41, 5.74) is 3.29. The number of nitrogens with zero attached hydrogens (tertiary/aromatic N) is 1. The number of halogens is 2. The molecule has 0 aliphatic rings. The van der Waals surface area contributed by atoms with Crippen molar-refractivity contribution in [1.29, 1.82) is 0 Å². The summed E-state index contributed by atoms with van der Waals surface area (Å²) in [6, 6.07) is 18.3. The van der Waals surface area contributed by atoms with Crippen LogP contribution in [0.25, 0.3) is 16.6 Å². The third-order valence-electron chi connectivity index (χ3n) is 4.26. The van der Waals surface area contributed by atoms with Gasteiger partial charge >= 0.3 is 0 Å². The zero-order valence-electron chi connectivity index (χ0n) is 13.5. The van der Waals surface area contributed by atoms with Gasteiger partial charge in [-0.25, -0.2) is 4.39 Å². The summed E-state index contributed by atoms with van der Waals surface area (Å²) in [5, 5.41) is 9.69. The van der Waals surface area contributed by atoms with E-state index in [1.165, 1.54) is 18.2 Å². The van der Waals surface area contributed by atoms with Crippen LogP contribution in [0.1, 0.15) is 16.1 Å². The Hall–Kier alpha value is -2.92. The highest BCUT2D eigenvalue weighted by atomic mass is 79.9. The standard InChI is InChI=1S/C21H13BrFNO2/c22-18-11-14(6-9-19(18)25)21(26)20-17(13-4-7-15(23)8-5-13)12-16-3-1-2-10-24(16)20/h1-12,25H. The predicted octanol–water partition coefficient (Wildman–Crippen LogP) is 5.44. The third kappa shape index (κ3) is 2.80. The maximum absolute atomic E-state index is 13.3. The first-order chi connectivity index (χ1) is 12.5. The monoisotopic (exact) mass is 409 g/mol. The van der Waals surface area contributed by atoms with Crippen molar-refractivity contribution in [2.24, 2.45) is 0 Å². The molecule has 0 saturated heterocycles. The summed E-state index contributed by atoms with van der Waals surface area (Å²) in [7, 11) is 0. The quantitative estimate of drug-likeness (QED) is 0.457. The van der Waals surface area contributed by atoms with Crippen LogP contribution in [0, 0.1) is 5.82 Å². The topological polar surface area (TPSA) is 41.7 Å². The van der Waals surface area contributed by atoms with Crippen LogP contribution in [0.15, 0.2) is 77.4 Å². The van der Waals surface area contributed by atoms with Gasteiger partial charge in [-0.2, -0.15) is 0 Å². The molecule has 1 N–H and O–H groups in total. The van der Waals surface area contributed by atoms with Crippen molar-refractivity contribution < 1.29 is 14.3 Å². The van der Waals surface area contributed by atoms with Crippen molar-refractivity contribution in [1.82, 2.24) is 4.40 Å². The number of phenols is 1. The smallest absolute Gasteiger partial charge is 0.210 e. The second-order valence-corrected chi connectivity index (χ2v) is 6.76. The molecular weight excluding hydrogens is 397 g/mol. The first kappa shape index (κ1) is 16.5. The number of hydrogen-bond acceptors (Lipinski definition) is 2. The number of rotatable bonds is 3. The molecule has 4 rings (SSSR count). The van der Waals surface area contributed by atoms with E-state index in [1.807, 2.05) is 34.9 Å². The van der Waals surface area contributed by atoms with Crippen molar-refractivity contribution in [2.75, 3.05) is 0 Å². The zero-order chi connectivity index (χ0) is 18.3. The molecule has 0 bridgehead atoms. The Morgan fingerprint density at radius 2 is 1.77 bits per heavy atom. The van der Waals surface area contributed by atoms with E-state index in [0.717, 1.165) is 16.6 Å². The first-order valence-corrected chi connectivity index (χ1v) is 8.73. The van der Waals surface area contributed by atoms with Gasteiger partial charge in [-0.15, -0.1) is 0 Å². The number of fused-ring (bicyclic) bond motifs is 1. The Labute approximate surface area is 157 Å². The minimum absolute atomic E-state index is 0.0697. The largest absolute Gasteiger partial charge is 0.507 e. The van der Waals surface area contributed by atoms with E-state index in [0.29, 0.717) is 15.7 Å². The van der Waals surface area contributed by atoms with Gasteiger partial charge in [0, 0.05) is 22.8 Å².